The summed E-state index contributed by atoms with van der Waals surface area (Å²) in [6.07, 6.45) is 4.16. The molecule has 0 aliphatic carbocycles. The predicted octanol–water partition coefficient (Wildman–Crippen LogP) is 4.57. The molecule has 0 amide bonds. The quantitative estimate of drug-likeness (QED) is 0.359. The fraction of sp³-hybridized carbons (Fsp3) is 0.200. The summed E-state index contributed by atoms with van der Waals surface area (Å²) in [6.45, 7) is 3.90. The number of benzene rings is 2. The molecule has 3 aromatic heterocycles. The number of imidazole rings is 1. The highest BCUT2D eigenvalue weighted by Crippen LogP contribution is 2.35. The van der Waals surface area contributed by atoms with Gasteiger partial charge in [0.15, 0.2) is 5.82 Å². The van der Waals surface area contributed by atoms with E-state index >= 15 is 0 Å². The molecule has 9 heteroatoms. The molecule has 2 unspecified atom stereocenters. The number of hydrogen-bond acceptors (Lipinski definition) is 6. The first kappa shape index (κ1) is 21.6. The number of rotatable bonds is 2. The van der Waals surface area contributed by atoms with Gasteiger partial charge in [-0.05, 0) is 60.9 Å². The van der Waals surface area contributed by atoms with Crippen molar-refractivity contribution in [3.63, 3.8) is 0 Å². The van der Waals surface area contributed by atoms with Gasteiger partial charge < -0.3 is 14.5 Å². The Labute approximate surface area is 194 Å². The smallest absolute Gasteiger partial charge is 0.223 e. The average molecular weight is 455 g/mol. The Kier molecular flexibility index (Phi) is 5.65. The summed E-state index contributed by atoms with van der Waals surface area (Å²) in [4.78, 5) is 14.6. The maximum Gasteiger partial charge on any atom is 0.223 e. The van der Waals surface area contributed by atoms with Gasteiger partial charge in [0, 0.05) is 29.6 Å². The van der Waals surface area contributed by atoms with Crippen molar-refractivity contribution >= 4 is 10.9 Å². The monoisotopic (exact) mass is 455 g/mol. The van der Waals surface area contributed by atoms with Gasteiger partial charge in [-0.25, -0.2) is 9.37 Å². The number of halogens is 1. The van der Waals surface area contributed by atoms with Gasteiger partial charge in [-0.3, -0.25) is 5.32 Å². The van der Waals surface area contributed by atoms with Crippen LogP contribution in [0.1, 0.15) is 41.5 Å². The number of fused-ring (bicyclic) bond motifs is 3. The highest BCUT2D eigenvalue weighted by Gasteiger charge is 2.32. The van der Waals surface area contributed by atoms with Crippen LogP contribution < -0.4 is 5.32 Å². The summed E-state index contributed by atoms with van der Waals surface area (Å²) in [7, 11) is 0. The van der Waals surface area contributed by atoms with Crippen molar-refractivity contribution < 1.29 is 8.91 Å². The lowest BCUT2D eigenvalue weighted by Gasteiger charge is -2.27. The Bertz CT molecular complexity index is 1460. The van der Waals surface area contributed by atoms with Crippen LogP contribution in [0.2, 0.25) is 0 Å². The Balaban J connectivity index is 0.000000169. The predicted molar refractivity (Wildman–Crippen MR) is 124 cm³/mol. The van der Waals surface area contributed by atoms with Crippen molar-refractivity contribution in [1.29, 1.82) is 5.26 Å². The third-order valence-electron chi connectivity index (χ3n) is 5.79. The zero-order chi connectivity index (χ0) is 23.7. The van der Waals surface area contributed by atoms with Crippen molar-refractivity contribution in [3.05, 3.63) is 89.3 Å². The Morgan fingerprint density at radius 2 is 2.00 bits per heavy atom. The summed E-state index contributed by atoms with van der Waals surface area (Å²) in [5.41, 5.74) is 5.71. The van der Waals surface area contributed by atoms with Crippen LogP contribution in [0.4, 0.5) is 4.39 Å². The minimum Gasteiger partial charge on any atom is -0.356 e. The second-order valence-corrected chi connectivity index (χ2v) is 8.21. The van der Waals surface area contributed by atoms with E-state index < -0.39 is 0 Å². The molecule has 6 rings (SSSR count). The van der Waals surface area contributed by atoms with Crippen LogP contribution in [-0.2, 0) is 6.42 Å². The molecule has 0 bridgehead atoms. The number of nitrogens with zero attached hydrogens (tertiary/aromatic N) is 4. The van der Waals surface area contributed by atoms with Gasteiger partial charge >= 0.3 is 0 Å². The highest BCUT2D eigenvalue weighted by atomic mass is 19.1. The van der Waals surface area contributed by atoms with Crippen molar-refractivity contribution in [1.82, 2.24) is 30.4 Å². The van der Waals surface area contributed by atoms with Crippen LogP contribution in [0, 0.1) is 24.1 Å². The van der Waals surface area contributed by atoms with Crippen LogP contribution in [0.3, 0.4) is 0 Å². The van der Waals surface area contributed by atoms with E-state index in [1.807, 2.05) is 18.2 Å². The second kappa shape index (κ2) is 8.92. The molecule has 8 nitrogen and oxygen atoms in total. The lowest BCUT2D eigenvalue weighted by molar-refractivity contribution is 0.372. The Morgan fingerprint density at radius 1 is 1.18 bits per heavy atom. The van der Waals surface area contributed by atoms with E-state index in [1.165, 1.54) is 17.7 Å². The van der Waals surface area contributed by atoms with Crippen LogP contribution in [0.5, 0.6) is 0 Å². The molecule has 2 aromatic carbocycles. The zero-order valence-electron chi connectivity index (χ0n) is 18.6. The van der Waals surface area contributed by atoms with Crippen molar-refractivity contribution in [2.75, 3.05) is 0 Å². The van der Waals surface area contributed by atoms with Crippen molar-refractivity contribution in [3.8, 4) is 17.3 Å². The Hall–Kier alpha value is -4.29. The van der Waals surface area contributed by atoms with Crippen LogP contribution in [0.15, 0.2) is 59.5 Å². The molecule has 170 valence electrons. The number of nitrogens with one attached hydrogen (secondary N) is 3. The molecule has 2 atom stereocenters. The molecular formula is C25H22FN7O. The molecule has 0 saturated carbocycles. The third-order valence-corrected chi connectivity index (χ3v) is 5.79. The zero-order valence-corrected chi connectivity index (χ0v) is 18.6. The molecule has 1 aliphatic rings. The third kappa shape index (κ3) is 4.07. The van der Waals surface area contributed by atoms with Gasteiger partial charge in [0.05, 0.1) is 29.9 Å². The van der Waals surface area contributed by atoms with Gasteiger partial charge in [-0.15, -0.1) is 0 Å². The summed E-state index contributed by atoms with van der Waals surface area (Å²) >= 11 is 0. The van der Waals surface area contributed by atoms with Crippen LogP contribution in [-0.4, -0.2) is 31.1 Å². The fourth-order valence-electron chi connectivity index (χ4n) is 4.30. The molecule has 4 heterocycles. The van der Waals surface area contributed by atoms with E-state index in [9.17, 15) is 9.65 Å². The number of aryl methyl sites for hydroxylation is 1. The van der Waals surface area contributed by atoms with Gasteiger partial charge in [0.1, 0.15) is 11.9 Å². The molecule has 0 spiro atoms. The summed E-state index contributed by atoms with van der Waals surface area (Å²) in [6, 6.07) is 14.4. The number of aromatic amines is 2. The molecule has 5 aromatic rings. The SMILES string of the molecule is Cc1nc(C2NC(C)Cc3c2[nH]c2cccc(C#N)c32)no1.Fc1ccc(-c2cnc[nH]2)cc1. The van der Waals surface area contributed by atoms with Gasteiger partial charge in [0.25, 0.3) is 0 Å². The second-order valence-electron chi connectivity index (χ2n) is 8.21. The Morgan fingerprint density at radius 3 is 2.68 bits per heavy atom. The molecule has 34 heavy (non-hydrogen) atoms. The highest BCUT2D eigenvalue weighted by molar-refractivity contribution is 5.90. The van der Waals surface area contributed by atoms with Crippen molar-refractivity contribution in [2.45, 2.75) is 32.4 Å². The minimum atomic E-state index is -0.224. The average Bonchev–Trinajstić information content (AvgIpc) is 3.59. The first-order valence-corrected chi connectivity index (χ1v) is 10.9. The van der Waals surface area contributed by atoms with Gasteiger partial charge in [-0.1, -0.05) is 11.2 Å². The molecular weight excluding hydrogens is 433 g/mol. The van der Waals surface area contributed by atoms with Gasteiger partial charge in [0.2, 0.25) is 5.89 Å². The summed E-state index contributed by atoms with van der Waals surface area (Å²) in [5.74, 6) is 0.944. The number of aromatic nitrogens is 5. The normalized spacial score (nSPS) is 17.0. The number of hydrogen-bond donors (Lipinski definition) is 3. The number of nitriles is 1. The van der Waals surface area contributed by atoms with Crippen LogP contribution in [0.25, 0.3) is 22.2 Å². The molecule has 0 radical (unpaired) electrons. The topological polar surface area (TPSA) is 119 Å². The lowest BCUT2D eigenvalue weighted by atomic mass is 9.93. The van der Waals surface area contributed by atoms with E-state index in [1.54, 1.807) is 31.6 Å². The van der Waals surface area contributed by atoms with E-state index in [-0.39, 0.29) is 17.9 Å². The lowest BCUT2D eigenvalue weighted by Crippen LogP contribution is -2.38. The minimum absolute atomic E-state index is 0.143. The molecule has 1 aliphatic heterocycles. The van der Waals surface area contributed by atoms with Crippen molar-refractivity contribution in [2.24, 2.45) is 0 Å². The molecule has 3 N–H and O–H groups in total. The van der Waals surface area contributed by atoms with Crippen LogP contribution >= 0.6 is 0 Å². The fourth-order valence-corrected chi connectivity index (χ4v) is 4.30. The molecule has 0 saturated heterocycles. The maximum absolute atomic E-state index is 12.5. The van der Waals surface area contributed by atoms with E-state index in [4.69, 9.17) is 4.52 Å². The maximum atomic E-state index is 12.5. The summed E-state index contributed by atoms with van der Waals surface area (Å²) < 4.78 is 17.6. The largest absolute Gasteiger partial charge is 0.356 e. The van der Waals surface area contributed by atoms with E-state index in [2.05, 4.69) is 43.4 Å². The number of H-pyrrole nitrogens is 2. The standard InChI is InChI=1S/C16H15N5O.C9H7FN2/c1-8-6-11-13-10(7-17)4-3-5-12(13)20-14(11)15(18-8)16-19-9(2)22-21-16;10-8-3-1-7(2-4-8)9-5-11-6-12-9/h3-5,8,15,18,20H,6H2,1-2H3;1-6H,(H,11,12). The van der Waals surface area contributed by atoms with E-state index in [0.717, 1.165) is 34.3 Å². The first-order valence-electron chi connectivity index (χ1n) is 10.9. The molecule has 0 fully saturated rings. The van der Waals surface area contributed by atoms with E-state index in [0.29, 0.717) is 17.3 Å². The van der Waals surface area contributed by atoms with Gasteiger partial charge in [-0.2, -0.15) is 10.2 Å². The summed E-state index contributed by atoms with van der Waals surface area (Å²) in [5, 5.41) is 18.0. The first-order chi connectivity index (χ1) is 16.5.